The molecule has 0 bridgehead atoms. The van der Waals surface area contributed by atoms with Gasteiger partial charge in [-0.15, -0.1) is 0 Å². The van der Waals surface area contributed by atoms with E-state index in [1.54, 1.807) is 11.0 Å². The molecule has 0 aromatic heterocycles. The van der Waals surface area contributed by atoms with E-state index in [-0.39, 0.29) is 37.2 Å². The van der Waals surface area contributed by atoms with Gasteiger partial charge in [-0.2, -0.15) is 0 Å². The molecule has 2 N–H and O–H groups in total. The third-order valence-electron chi connectivity index (χ3n) is 6.48. The molecule has 1 saturated carbocycles. The molecule has 1 saturated heterocycles. The van der Waals surface area contributed by atoms with Crippen molar-refractivity contribution in [2.45, 2.75) is 44.1 Å². The largest absolute Gasteiger partial charge is 0.367 e. The summed E-state index contributed by atoms with van der Waals surface area (Å²) in [4.78, 5) is 27.4. The summed E-state index contributed by atoms with van der Waals surface area (Å²) in [7, 11) is 0. The number of hydrogen-bond donors (Lipinski definition) is 1. The van der Waals surface area contributed by atoms with E-state index in [0.717, 1.165) is 42.4 Å². The molecule has 4 rings (SSSR count). The summed E-state index contributed by atoms with van der Waals surface area (Å²) >= 11 is 0. The predicted octanol–water partition coefficient (Wildman–Crippen LogP) is 3.70. The van der Waals surface area contributed by atoms with Gasteiger partial charge in [-0.25, -0.2) is 4.39 Å². The molecule has 0 unspecified atom stereocenters. The molecule has 2 fully saturated rings. The van der Waals surface area contributed by atoms with Crippen molar-refractivity contribution < 1.29 is 18.7 Å². The average Bonchev–Trinajstić information content (AvgIpc) is 2.79. The quantitative estimate of drug-likeness (QED) is 0.796. The van der Waals surface area contributed by atoms with Gasteiger partial charge in [0.1, 0.15) is 5.82 Å². The lowest BCUT2D eigenvalue weighted by Gasteiger charge is -2.42. The zero-order chi connectivity index (χ0) is 21.8. The van der Waals surface area contributed by atoms with Crippen LogP contribution in [0.3, 0.4) is 0 Å². The van der Waals surface area contributed by atoms with Crippen molar-refractivity contribution in [3.8, 4) is 11.1 Å². The van der Waals surface area contributed by atoms with Crippen molar-refractivity contribution in [3.63, 3.8) is 0 Å². The van der Waals surface area contributed by atoms with Gasteiger partial charge in [-0.1, -0.05) is 55.7 Å². The fourth-order valence-electron chi connectivity index (χ4n) is 4.78. The molecule has 0 radical (unpaired) electrons. The number of halogens is 1. The number of rotatable bonds is 5. The monoisotopic (exact) mass is 424 g/mol. The summed E-state index contributed by atoms with van der Waals surface area (Å²) in [6.45, 7) is 0.931. The molecule has 2 aromatic rings. The fourth-order valence-corrected chi connectivity index (χ4v) is 4.78. The third kappa shape index (κ3) is 4.79. The van der Waals surface area contributed by atoms with Gasteiger partial charge in [0.2, 0.25) is 5.91 Å². The van der Waals surface area contributed by atoms with Crippen LogP contribution in [0.25, 0.3) is 11.1 Å². The number of carbonyl (C=O) groups excluding carboxylic acids is 2. The van der Waals surface area contributed by atoms with E-state index in [4.69, 9.17) is 10.5 Å². The maximum atomic E-state index is 13.6. The van der Waals surface area contributed by atoms with Crippen molar-refractivity contribution in [3.05, 3.63) is 59.9 Å². The number of nitrogens with two attached hydrogens (primary N) is 1. The van der Waals surface area contributed by atoms with Gasteiger partial charge < -0.3 is 15.4 Å². The number of ether oxygens (including phenoxy) is 1. The molecule has 5 nitrogen and oxygen atoms in total. The molecule has 2 aliphatic rings. The lowest BCUT2D eigenvalue weighted by molar-refractivity contribution is -0.165. The van der Waals surface area contributed by atoms with Crippen LogP contribution in [0.4, 0.5) is 4.39 Å². The van der Waals surface area contributed by atoms with Crippen LogP contribution in [0.15, 0.2) is 48.5 Å². The summed E-state index contributed by atoms with van der Waals surface area (Å²) in [5.41, 5.74) is 7.01. The molecular weight excluding hydrogens is 395 g/mol. The van der Waals surface area contributed by atoms with Gasteiger partial charge in [-0.05, 0) is 41.7 Å². The first-order valence-electron chi connectivity index (χ1n) is 11.0. The first-order chi connectivity index (χ1) is 15.0. The first kappa shape index (κ1) is 21.5. The molecule has 0 spiro atoms. The Bertz CT molecular complexity index is 957. The van der Waals surface area contributed by atoms with Gasteiger partial charge in [-0.3, -0.25) is 9.59 Å². The Morgan fingerprint density at radius 2 is 1.77 bits per heavy atom. The van der Waals surface area contributed by atoms with Crippen LogP contribution in [0, 0.1) is 11.7 Å². The second kappa shape index (κ2) is 9.18. The van der Waals surface area contributed by atoms with Crippen molar-refractivity contribution in [1.82, 2.24) is 4.90 Å². The molecule has 6 heteroatoms. The maximum Gasteiger partial charge on any atom is 0.251 e. The van der Waals surface area contributed by atoms with Gasteiger partial charge >= 0.3 is 0 Å². The number of amides is 2. The number of benzene rings is 2. The average molecular weight is 425 g/mol. The van der Waals surface area contributed by atoms with Crippen molar-refractivity contribution in [2.24, 2.45) is 11.7 Å². The Hall–Kier alpha value is -2.73. The molecule has 2 amide bonds. The fraction of sp³-hybridized carbons (Fsp3) is 0.440. The van der Waals surface area contributed by atoms with Crippen LogP contribution in [0.1, 0.15) is 37.7 Å². The lowest BCUT2D eigenvalue weighted by atomic mass is 9.86. The van der Waals surface area contributed by atoms with Gasteiger partial charge in [0.25, 0.3) is 5.91 Å². The van der Waals surface area contributed by atoms with Crippen molar-refractivity contribution in [1.29, 1.82) is 0 Å². The molecule has 1 aliphatic carbocycles. The van der Waals surface area contributed by atoms with E-state index in [0.29, 0.717) is 6.54 Å². The molecule has 1 atom stereocenters. The Labute approximate surface area is 182 Å². The van der Waals surface area contributed by atoms with Gasteiger partial charge in [0, 0.05) is 18.9 Å². The Balaban J connectivity index is 1.55. The zero-order valence-corrected chi connectivity index (χ0v) is 17.7. The Morgan fingerprint density at radius 1 is 1.06 bits per heavy atom. The van der Waals surface area contributed by atoms with Crippen LogP contribution in [0.5, 0.6) is 0 Å². The Morgan fingerprint density at radius 3 is 2.48 bits per heavy atom. The van der Waals surface area contributed by atoms with Crippen LogP contribution < -0.4 is 5.73 Å². The third-order valence-corrected chi connectivity index (χ3v) is 6.48. The highest BCUT2D eigenvalue weighted by Gasteiger charge is 2.44. The topological polar surface area (TPSA) is 72.6 Å². The molecule has 31 heavy (non-hydrogen) atoms. The van der Waals surface area contributed by atoms with E-state index >= 15 is 0 Å². The second-order valence-corrected chi connectivity index (χ2v) is 8.69. The molecule has 2 aromatic carbocycles. The van der Waals surface area contributed by atoms with Crippen LogP contribution >= 0.6 is 0 Å². The minimum Gasteiger partial charge on any atom is -0.367 e. The standard InChI is InChI=1S/C25H29FN2O3/c26-22-11-5-10-21(15-22)20-9-4-6-18(14-20)16-25(24(27)30)17-28(12-13-31-25)23(29)19-7-2-1-3-8-19/h4-6,9-11,14-15,19H,1-3,7-8,12-13,16-17H2,(H2,27,30)/t25-/m0/s1. The summed E-state index contributed by atoms with van der Waals surface area (Å²) in [5.74, 6) is -0.718. The van der Waals surface area contributed by atoms with E-state index in [1.165, 1.54) is 18.6 Å². The number of primary amides is 1. The van der Waals surface area contributed by atoms with Crippen LogP contribution in [-0.2, 0) is 20.7 Å². The zero-order valence-electron chi connectivity index (χ0n) is 17.7. The highest BCUT2D eigenvalue weighted by Crippen LogP contribution is 2.30. The van der Waals surface area contributed by atoms with Gasteiger partial charge in [0.05, 0.1) is 13.2 Å². The minimum absolute atomic E-state index is 0.0359. The summed E-state index contributed by atoms with van der Waals surface area (Å²) in [5, 5.41) is 0. The van der Waals surface area contributed by atoms with Crippen LogP contribution in [-0.4, -0.2) is 42.0 Å². The summed E-state index contributed by atoms with van der Waals surface area (Å²) < 4.78 is 19.6. The molecule has 164 valence electrons. The number of hydrogen-bond acceptors (Lipinski definition) is 3. The first-order valence-corrected chi connectivity index (χ1v) is 11.0. The molecule has 1 aliphatic heterocycles. The predicted molar refractivity (Wildman–Crippen MR) is 117 cm³/mol. The number of morpholine rings is 1. The van der Waals surface area contributed by atoms with E-state index < -0.39 is 11.5 Å². The highest BCUT2D eigenvalue weighted by molar-refractivity contribution is 5.86. The maximum absolute atomic E-state index is 13.6. The number of nitrogens with zero attached hydrogens (tertiary/aromatic N) is 1. The van der Waals surface area contributed by atoms with E-state index in [1.807, 2.05) is 30.3 Å². The highest BCUT2D eigenvalue weighted by atomic mass is 19.1. The smallest absolute Gasteiger partial charge is 0.251 e. The number of carbonyl (C=O) groups is 2. The van der Waals surface area contributed by atoms with Crippen molar-refractivity contribution >= 4 is 11.8 Å². The SMILES string of the molecule is NC(=O)[C@]1(Cc2cccc(-c3cccc(F)c3)c2)CN(C(=O)C2CCCCC2)CCO1. The second-order valence-electron chi connectivity index (χ2n) is 8.69. The summed E-state index contributed by atoms with van der Waals surface area (Å²) in [6.07, 6.45) is 5.42. The summed E-state index contributed by atoms with van der Waals surface area (Å²) in [6, 6.07) is 14.0. The van der Waals surface area contributed by atoms with Gasteiger partial charge in [0.15, 0.2) is 5.60 Å². The Kier molecular flexibility index (Phi) is 6.37. The molecular formula is C25H29FN2O3. The van der Waals surface area contributed by atoms with Crippen molar-refractivity contribution in [2.75, 3.05) is 19.7 Å². The van der Waals surface area contributed by atoms with E-state index in [2.05, 4.69) is 0 Å². The molecule has 1 heterocycles. The van der Waals surface area contributed by atoms with Crippen LogP contribution in [0.2, 0.25) is 0 Å². The lowest BCUT2D eigenvalue weighted by Crippen LogP contribution is -2.61. The normalized spacial score (nSPS) is 22.3. The minimum atomic E-state index is -1.26. The van der Waals surface area contributed by atoms with E-state index in [9.17, 15) is 14.0 Å².